The Hall–Kier alpha value is -0.543. The topological polar surface area (TPSA) is 72.3 Å². The van der Waals surface area contributed by atoms with Crippen molar-refractivity contribution in [3.8, 4) is 0 Å². The fraction of sp³-hybridized carbons (Fsp3) is 0.545. The second kappa shape index (κ2) is 6.57. The first kappa shape index (κ1) is 15.5. The number of hydrogen-bond donors (Lipinski definition) is 1. The van der Waals surface area contributed by atoms with Gasteiger partial charge in [0.25, 0.3) is 0 Å². The van der Waals surface area contributed by atoms with Gasteiger partial charge in [0.1, 0.15) is 5.41 Å². The van der Waals surface area contributed by atoms with Gasteiger partial charge in [-0.15, -0.1) is 0 Å². The van der Waals surface area contributed by atoms with Gasteiger partial charge in [0.2, 0.25) is 0 Å². The zero-order chi connectivity index (χ0) is 12.3. The Balaban J connectivity index is 0.00000162. The number of aromatic nitrogens is 2. The van der Waals surface area contributed by atoms with Crippen LogP contribution in [0.3, 0.4) is 0 Å². The van der Waals surface area contributed by atoms with Gasteiger partial charge in [-0.3, -0.25) is 4.79 Å². The van der Waals surface area contributed by atoms with E-state index >= 15 is 0 Å². The second-order valence-electron chi connectivity index (χ2n) is 3.93. The van der Waals surface area contributed by atoms with Crippen molar-refractivity contribution in [2.45, 2.75) is 23.4 Å². The van der Waals surface area contributed by atoms with E-state index < -0.39 is 11.4 Å². The van der Waals surface area contributed by atoms with Crippen LogP contribution in [-0.2, 0) is 14.9 Å². The van der Waals surface area contributed by atoms with Crippen molar-refractivity contribution in [2.75, 3.05) is 19.5 Å². The monoisotopic (exact) mass is 262 g/mol. The van der Waals surface area contributed by atoms with Crippen molar-refractivity contribution in [3.63, 3.8) is 0 Å². The maximum atomic E-state index is 11.6. The van der Waals surface area contributed by atoms with Crippen LogP contribution < -0.4 is 0 Å². The molecule has 94 valence electrons. The molecule has 0 radical (unpaired) electrons. The molecule has 1 N–H and O–H groups in total. The van der Waals surface area contributed by atoms with Gasteiger partial charge in [-0.1, -0.05) is 11.8 Å². The van der Waals surface area contributed by atoms with Crippen molar-refractivity contribution in [2.24, 2.45) is 0 Å². The molecule has 2 heterocycles. The number of ether oxygens (including phenoxy) is 1. The number of carboxylic acids is 1. The van der Waals surface area contributed by atoms with E-state index in [1.807, 2.05) is 6.26 Å². The fourth-order valence-corrected chi connectivity index (χ4v) is 2.36. The summed E-state index contributed by atoms with van der Waals surface area (Å²) in [4.78, 5) is 19.9. The molecule has 18 heavy (non-hydrogen) atoms. The number of rotatable bonds is 3. The predicted octanol–water partition coefficient (Wildman–Crippen LogP) is 0.683. The van der Waals surface area contributed by atoms with Gasteiger partial charge in [-0.25, -0.2) is 9.97 Å². The molecular weight excluding hydrogens is 247 g/mol. The Morgan fingerprint density at radius 2 is 2.17 bits per heavy atom. The third-order valence-electron chi connectivity index (χ3n) is 3.06. The summed E-state index contributed by atoms with van der Waals surface area (Å²) in [5, 5.41) is 10.1. The molecule has 5 nitrogen and oxygen atoms in total. The molecular formula is C11H15LiN2O3S. The number of carbonyl (C=O) groups is 1. The molecule has 0 aromatic carbocycles. The standard InChI is InChI=1S/C11H14N2O3S.Li.H/c1-17-10-12-5-2-8(13-10)11(9(14)15)3-6-16-7-4-11;;/h2,5H,3-4,6-7H2,1H3,(H,14,15);;. The molecule has 2 rings (SSSR count). The first-order valence-electron chi connectivity index (χ1n) is 5.38. The third kappa shape index (κ3) is 2.89. The maximum absolute atomic E-state index is 11.6. The minimum absolute atomic E-state index is 0. The summed E-state index contributed by atoms with van der Waals surface area (Å²) >= 11 is 1.41. The molecule has 1 aromatic heterocycles. The average molecular weight is 262 g/mol. The zero-order valence-corrected chi connectivity index (χ0v) is 10.4. The third-order valence-corrected chi connectivity index (χ3v) is 3.62. The van der Waals surface area contributed by atoms with Gasteiger partial charge in [0, 0.05) is 19.4 Å². The number of nitrogens with zero attached hydrogens (tertiary/aromatic N) is 2. The van der Waals surface area contributed by atoms with Gasteiger partial charge in [0.15, 0.2) is 5.16 Å². The van der Waals surface area contributed by atoms with E-state index in [2.05, 4.69) is 9.97 Å². The van der Waals surface area contributed by atoms with Crippen LogP contribution in [0, 0.1) is 0 Å². The molecule has 1 aliphatic rings. The summed E-state index contributed by atoms with van der Waals surface area (Å²) in [6.07, 6.45) is 4.42. The Kier molecular flexibility index (Phi) is 5.67. The van der Waals surface area contributed by atoms with E-state index in [9.17, 15) is 9.90 Å². The van der Waals surface area contributed by atoms with Crippen molar-refractivity contribution < 1.29 is 14.6 Å². The van der Waals surface area contributed by atoms with E-state index in [0.29, 0.717) is 36.9 Å². The molecule has 1 saturated heterocycles. The van der Waals surface area contributed by atoms with Crippen LogP contribution in [-0.4, -0.2) is 59.4 Å². The van der Waals surface area contributed by atoms with Crippen molar-refractivity contribution in [3.05, 3.63) is 18.0 Å². The summed E-state index contributed by atoms with van der Waals surface area (Å²) in [5.41, 5.74) is -0.321. The summed E-state index contributed by atoms with van der Waals surface area (Å²) in [6, 6.07) is 1.69. The van der Waals surface area contributed by atoms with Crippen LogP contribution in [0.4, 0.5) is 0 Å². The van der Waals surface area contributed by atoms with Gasteiger partial charge >= 0.3 is 24.8 Å². The van der Waals surface area contributed by atoms with Crippen LogP contribution in [0.25, 0.3) is 0 Å². The number of aliphatic carboxylic acids is 1. The normalized spacial score (nSPS) is 17.8. The molecule has 0 aliphatic carbocycles. The Labute approximate surface area is 122 Å². The first-order valence-corrected chi connectivity index (χ1v) is 6.60. The van der Waals surface area contributed by atoms with E-state index in [1.165, 1.54) is 11.8 Å². The Morgan fingerprint density at radius 1 is 1.50 bits per heavy atom. The van der Waals surface area contributed by atoms with Gasteiger partial charge < -0.3 is 9.84 Å². The molecule has 1 fully saturated rings. The molecule has 1 aromatic rings. The predicted molar refractivity (Wildman–Crippen MR) is 70.3 cm³/mol. The molecule has 0 unspecified atom stereocenters. The van der Waals surface area contributed by atoms with E-state index in [0.717, 1.165) is 0 Å². The molecule has 0 amide bonds. The SMILES string of the molecule is CSc1nccc(C2(C(=O)O)CCOCC2)n1.[LiH]. The molecule has 0 saturated carbocycles. The second-order valence-corrected chi connectivity index (χ2v) is 4.70. The van der Waals surface area contributed by atoms with Crippen LogP contribution in [0.2, 0.25) is 0 Å². The van der Waals surface area contributed by atoms with E-state index in [4.69, 9.17) is 4.74 Å². The molecule has 0 atom stereocenters. The molecule has 1 aliphatic heterocycles. The summed E-state index contributed by atoms with van der Waals surface area (Å²) in [5.74, 6) is -0.827. The molecule has 0 spiro atoms. The van der Waals surface area contributed by atoms with Crippen molar-refractivity contribution in [1.29, 1.82) is 0 Å². The summed E-state index contributed by atoms with van der Waals surface area (Å²) < 4.78 is 5.24. The first-order chi connectivity index (χ1) is 8.19. The number of carboxylic acid groups (broad SMARTS) is 1. The Bertz CT molecular complexity index is 425. The van der Waals surface area contributed by atoms with E-state index in [1.54, 1.807) is 12.3 Å². The van der Waals surface area contributed by atoms with Crippen molar-refractivity contribution in [1.82, 2.24) is 9.97 Å². The number of thioether (sulfide) groups is 1. The van der Waals surface area contributed by atoms with Crippen LogP contribution in [0.15, 0.2) is 17.4 Å². The van der Waals surface area contributed by atoms with E-state index in [-0.39, 0.29) is 18.9 Å². The molecule has 7 heteroatoms. The Morgan fingerprint density at radius 3 is 2.72 bits per heavy atom. The fourth-order valence-electron chi connectivity index (χ4n) is 2.01. The van der Waals surface area contributed by atoms with Crippen LogP contribution >= 0.6 is 11.8 Å². The zero-order valence-electron chi connectivity index (χ0n) is 9.55. The average Bonchev–Trinajstić information content (AvgIpc) is 2.39. The van der Waals surface area contributed by atoms with Gasteiger partial charge in [0.05, 0.1) is 5.69 Å². The van der Waals surface area contributed by atoms with Gasteiger partial charge in [-0.2, -0.15) is 0 Å². The summed E-state index contributed by atoms with van der Waals surface area (Å²) in [6.45, 7) is 0.926. The van der Waals surface area contributed by atoms with Crippen LogP contribution in [0.1, 0.15) is 18.5 Å². The quantitative estimate of drug-likeness (QED) is 0.490. The van der Waals surface area contributed by atoms with Crippen LogP contribution in [0.5, 0.6) is 0 Å². The van der Waals surface area contributed by atoms with Crippen molar-refractivity contribution >= 4 is 36.6 Å². The number of hydrogen-bond acceptors (Lipinski definition) is 5. The summed E-state index contributed by atoms with van der Waals surface area (Å²) in [7, 11) is 0. The molecule has 0 bridgehead atoms. The minimum atomic E-state index is -0.911. The van der Waals surface area contributed by atoms with Gasteiger partial charge in [-0.05, 0) is 25.2 Å².